The maximum atomic E-state index is 5.94. The Morgan fingerprint density at radius 2 is 2.00 bits per heavy atom. The zero-order valence-corrected chi connectivity index (χ0v) is 17.2. The zero-order valence-electron chi connectivity index (χ0n) is 15.7. The maximum absolute atomic E-state index is 5.94. The molecule has 2 heterocycles. The first-order chi connectivity index (χ1) is 13.0. The molecule has 0 atom stereocenters. The third kappa shape index (κ3) is 5.30. The Kier molecular flexibility index (Phi) is 6.47. The monoisotopic (exact) mass is 402 g/mol. The van der Waals surface area contributed by atoms with Crippen LogP contribution in [0.1, 0.15) is 28.1 Å². The van der Waals surface area contributed by atoms with Gasteiger partial charge >= 0.3 is 0 Å². The number of benzene rings is 1. The fourth-order valence-electron chi connectivity index (χ4n) is 2.46. The molecule has 3 rings (SSSR count). The molecule has 2 aromatic heterocycles. The van der Waals surface area contributed by atoms with Gasteiger partial charge in [-0.25, -0.2) is 14.7 Å². The van der Waals surface area contributed by atoms with E-state index in [1.165, 1.54) is 4.88 Å². The number of guanidine groups is 1. The number of nitrogens with zero attached hydrogens (tertiary/aromatic N) is 4. The Balaban J connectivity index is 1.63. The highest BCUT2D eigenvalue weighted by Gasteiger charge is 2.06. The second kappa shape index (κ2) is 9.01. The minimum absolute atomic E-state index is 0.541. The van der Waals surface area contributed by atoms with Crippen LogP contribution >= 0.6 is 22.9 Å². The molecule has 0 bridgehead atoms. The summed E-state index contributed by atoms with van der Waals surface area (Å²) in [7, 11) is 0. The topological polar surface area (TPSA) is 67.1 Å². The van der Waals surface area contributed by atoms with E-state index in [-0.39, 0.29) is 0 Å². The summed E-state index contributed by atoms with van der Waals surface area (Å²) in [6, 6.07) is 7.58. The van der Waals surface area contributed by atoms with E-state index in [0.717, 1.165) is 34.5 Å². The molecule has 0 radical (unpaired) electrons. The highest BCUT2D eigenvalue weighted by Crippen LogP contribution is 2.16. The minimum Gasteiger partial charge on any atom is -0.357 e. The fourth-order valence-corrected chi connectivity index (χ4v) is 3.46. The molecule has 142 valence electrons. The fraction of sp³-hybridized carbons (Fsp3) is 0.316. The first-order valence-corrected chi connectivity index (χ1v) is 9.99. The van der Waals surface area contributed by atoms with E-state index in [2.05, 4.69) is 32.6 Å². The van der Waals surface area contributed by atoms with Crippen molar-refractivity contribution in [1.29, 1.82) is 0 Å². The quantitative estimate of drug-likeness (QED) is 0.485. The van der Waals surface area contributed by atoms with E-state index in [1.54, 1.807) is 11.3 Å². The summed E-state index contributed by atoms with van der Waals surface area (Å²) in [6.07, 6.45) is 3.80. The van der Waals surface area contributed by atoms with E-state index >= 15 is 0 Å². The number of aryl methyl sites for hydroxylation is 2. The number of hydrogen-bond acceptors (Lipinski definition) is 4. The largest absolute Gasteiger partial charge is 0.357 e. The molecule has 27 heavy (non-hydrogen) atoms. The Morgan fingerprint density at radius 3 is 2.67 bits per heavy atom. The summed E-state index contributed by atoms with van der Waals surface area (Å²) < 4.78 is 1.82. The van der Waals surface area contributed by atoms with Gasteiger partial charge < -0.3 is 10.6 Å². The van der Waals surface area contributed by atoms with Crippen molar-refractivity contribution in [3.8, 4) is 5.69 Å². The molecule has 0 aliphatic heterocycles. The van der Waals surface area contributed by atoms with Crippen LogP contribution in [0, 0.1) is 13.8 Å². The second-order valence-corrected chi connectivity index (χ2v) is 7.79. The van der Waals surface area contributed by atoms with Crippen LogP contribution in [0.15, 0.2) is 41.7 Å². The summed E-state index contributed by atoms with van der Waals surface area (Å²) in [5, 5.41) is 12.8. The molecule has 0 spiro atoms. The van der Waals surface area contributed by atoms with Crippen molar-refractivity contribution >= 4 is 28.9 Å². The van der Waals surface area contributed by atoms with Crippen LogP contribution in [0.25, 0.3) is 5.69 Å². The number of halogens is 1. The number of hydrogen-bond donors (Lipinski definition) is 2. The maximum Gasteiger partial charge on any atom is 0.191 e. The van der Waals surface area contributed by atoms with Gasteiger partial charge in [0.2, 0.25) is 0 Å². The van der Waals surface area contributed by atoms with E-state index in [9.17, 15) is 0 Å². The van der Waals surface area contributed by atoms with Gasteiger partial charge in [0.05, 0.1) is 30.7 Å². The van der Waals surface area contributed by atoms with Gasteiger partial charge in [0, 0.05) is 28.2 Å². The molecule has 0 aliphatic carbocycles. The lowest BCUT2D eigenvalue weighted by atomic mass is 10.3. The van der Waals surface area contributed by atoms with E-state index < -0.39 is 0 Å². The normalized spacial score (nSPS) is 11.6. The third-order valence-electron chi connectivity index (χ3n) is 3.97. The van der Waals surface area contributed by atoms with Gasteiger partial charge in [0.15, 0.2) is 5.96 Å². The van der Waals surface area contributed by atoms with Gasteiger partial charge in [-0.15, -0.1) is 11.3 Å². The van der Waals surface area contributed by atoms with Crippen LogP contribution < -0.4 is 10.6 Å². The molecule has 0 fully saturated rings. The van der Waals surface area contributed by atoms with E-state index in [4.69, 9.17) is 11.6 Å². The summed E-state index contributed by atoms with van der Waals surface area (Å²) >= 11 is 7.65. The highest BCUT2D eigenvalue weighted by molar-refractivity contribution is 7.11. The number of aromatic nitrogens is 3. The van der Waals surface area contributed by atoms with Crippen molar-refractivity contribution in [2.45, 2.75) is 33.9 Å². The highest BCUT2D eigenvalue weighted by atomic mass is 35.5. The molecule has 1 aromatic carbocycles. The van der Waals surface area contributed by atoms with Crippen molar-refractivity contribution < 1.29 is 0 Å². The number of aliphatic imine (C=N–C) groups is 1. The Morgan fingerprint density at radius 1 is 1.22 bits per heavy atom. The number of rotatable bonds is 6. The second-order valence-electron chi connectivity index (χ2n) is 6.07. The number of thiazole rings is 1. The van der Waals surface area contributed by atoms with Crippen molar-refractivity contribution in [3.05, 3.63) is 62.8 Å². The van der Waals surface area contributed by atoms with Crippen LogP contribution in [-0.4, -0.2) is 27.3 Å². The predicted molar refractivity (Wildman–Crippen MR) is 112 cm³/mol. The van der Waals surface area contributed by atoms with E-state index in [0.29, 0.717) is 18.1 Å². The van der Waals surface area contributed by atoms with Crippen LogP contribution in [0.3, 0.4) is 0 Å². The van der Waals surface area contributed by atoms with Gasteiger partial charge in [-0.05, 0) is 45.0 Å². The van der Waals surface area contributed by atoms with Gasteiger partial charge in [-0.2, -0.15) is 5.10 Å². The Hall–Kier alpha value is -2.38. The van der Waals surface area contributed by atoms with E-state index in [1.807, 2.05) is 55.2 Å². The molecule has 6 nitrogen and oxygen atoms in total. The standard InChI is InChI=1S/C19H23ClN6S/c1-4-21-19(23-11-18-25-13(2)14(3)27-18)22-9-15-10-24-26(12-15)17-7-5-16(20)6-8-17/h5-8,10,12H,4,9,11H2,1-3H3,(H2,21,22,23). The average molecular weight is 403 g/mol. The molecule has 0 saturated carbocycles. The van der Waals surface area contributed by atoms with Crippen molar-refractivity contribution in [2.75, 3.05) is 6.54 Å². The summed E-state index contributed by atoms with van der Waals surface area (Å²) in [4.78, 5) is 10.5. The molecular formula is C19H23ClN6S. The third-order valence-corrected chi connectivity index (χ3v) is 5.30. The van der Waals surface area contributed by atoms with Gasteiger partial charge in [0.1, 0.15) is 5.01 Å². The smallest absolute Gasteiger partial charge is 0.191 e. The predicted octanol–water partition coefficient (Wildman–Crippen LogP) is 3.85. The summed E-state index contributed by atoms with van der Waals surface area (Å²) in [5.41, 5.74) is 3.09. The van der Waals surface area contributed by atoms with Crippen LogP contribution in [-0.2, 0) is 13.1 Å². The lowest BCUT2D eigenvalue weighted by Gasteiger charge is -2.09. The SMILES string of the molecule is CCNC(=NCc1cnn(-c2ccc(Cl)cc2)c1)NCc1nc(C)c(C)s1. The zero-order chi connectivity index (χ0) is 19.2. The first kappa shape index (κ1) is 19.4. The summed E-state index contributed by atoms with van der Waals surface area (Å²) in [6.45, 7) is 8.18. The van der Waals surface area contributed by atoms with Crippen LogP contribution in [0.2, 0.25) is 5.02 Å². The van der Waals surface area contributed by atoms with Crippen molar-refractivity contribution in [1.82, 2.24) is 25.4 Å². The minimum atomic E-state index is 0.541. The molecule has 0 aliphatic rings. The Labute approximate surface area is 168 Å². The van der Waals surface area contributed by atoms with Crippen molar-refractivity contribution in [3.63, 3.8) is 0 Å². The average Bonchev–Trinajstić information content (AvgIpc) is 3.25. The lowest BCUT2D eigenvalue weighted by molar-refractivity contribution is 0.809. The molecule has 8 heteroatoms. The first-order valence-electron chi connectivity index (χ1n) is 8.79. The Bertz CT molecular complexity index is 893. The van der Waals surface area contributed by atoms with Gasteiger partial charge in [-0.3, -0.25) is 0 Å². The molecule has 0 unspecified atom stereocenters. The van der Waals surface area contributed by atoms with Gasteiger partial charge in [0.25, 0.3) is 0 Å². The van der Waals surface area contributed by atoms with Crippen molar-refractivity contribution in [2.24, 2.45) is 4.99 Å². The molecule has 3 aromatic rings. The molecule has 2 N–H and O–H groups in total. The molecule has 0 saturated heterocycles. The molecule has 0 amide bonds. The number of nitrogens with one attached hydrogen (secondary N) is 2. The van der Waals surface area contributed by atoms with Crippen LogP contribution in [0.4, 0.5) is 0 Å². The molecular weight excluding hydrogens is 380 g/mol. The lowest BCUT2D eigenvalue weighted by Crippen LogP contribution is -2.36. The summed E-state index contributed by atoms with van der Waals surface area (Å²) in [5.74, 6) is 0.766. The van der Waals surface area contributed by atoms with Crippen LogP contribution in [0.5, 0.6) is 0 Å². The van der Waals surface area contributed by atoms with Gasteiger partial charge in [-0.1, -0.05) is 11.6 Å².